The van der Waals surface area contributed by atoms with E-state index in [0.29, 0.717) is 63.5 Å². The molecule has 4 rings (SSSR count). The van der Waals surface area contributed by atoms with E-state index in [9.17, 15) is 86.9 Å². The maximum absolute atomic E-state index is 15.0. The predicted molar refractivity (Wildman–Crippen MR) is 494 cm³/mol. The first-order valence-corrected chi connectivity index (χ1v) is 46.5. The fraction of sp³-hybridized carbons (Fsp3) is 0.725. The first kappa shape index (κ1) is 114. The number of carbonyl (C=O) groups excluding carboxylic acids is 17. The van der Waals surface area contributed by atoms with Gasteiger partial charge in [0, 0.05) is 120 Å². The van der Waals surface area contributed by atoms with Crippen LogP contribution in [0.1, 0.15) is 279 Å². The van der Waals surface area contributed by atoms with E-state index in [4.69, 9.17) is 57.3 Å². The highest BCUT2D eigenvalue weighted by Crippen LogP contribution is 2.34. The predicted octanol–water partition coefficient (Wildman–Crippen LogP) is 1.04. The number of carbonyl (C=O) groups is 17. The molecule has 0 radical (unpaired) electrons. The van der Waals surface area contributed by atoms with Crippen molar-refractivity contribution in [1.82, 2.24) is 41.8 Å². The minimum atomic E-state index is -1.67. The molecule has 0 bridgehead atoms. The summed E-state index contributed by atoms with van der Waals surface area (Å²) >= 11 is 0. The van der Waals surface area contributed by atoms with Gasteiger partial charge in [-0.05, 0) is 160 Å². The first-order valence-electron chi connectivity index (χ1n) is 46.5. The zero-order valence-corrected chi connectivity index (χ0v) is 78.3. The Morgan fingerprint density at radius 1 is 0.511 bits per heavy atom. The number of aliphatic hydroxyl groups is 2. The number of hydrogen-bond donors (Lipinski definition) is 18. The fourth-order valence-corrected chi connectivity index (χ4v) is 16.9. The number of likely N-dealkylation sites (tertiary alicyclic amines) is 1. The summed E-state index contributed by atoms with van der Waals surface area (Å²) in [6.45, 7) is 12.6. The van der Waals surface area contributed by atoms with Gasteiger partial charge >= 0.3 is 0 Å². The van der Waals surface area contributed by atoms with E-state index in [2.05, 4.69) is 51.9 Å². The van der Waals surface area contributed by atoms with E-state index in [1.54, 1.807) is 32.9 Å². The maximum Gasteiger partial charge on any atom is 0.240 e. The minimum Gasteiger partial charge on any atom is -0.396 e. The lowest BCUT2D eigenvalue weighted by Crippen LogP contribution is -2.55. The number of hydrogen-bond acceptors (Lipinski definition) is 24. The van der Waals surface area contributed by atoms with E-state index in [0.717, 1.165) is 64.2 Å². The number of nitrogens with one attached hydrogen (secondary N) is 6. The second-order valence-corrected chi connectivity index (χ2v) is 36.5. The van der Waals surface area contributed by atoms with Gasteiger partial charge in [-0.3, -0.25) is 96.7 Å². The Morgan fingerprint density at radius 2 is 1.02 bits per heavy atom. The molecule has 0 aromatic carbocycles. The number of pyridine rings is 1. The lowest BCUT2D eigenvalue weighted by molar-refractivity contribution is -0.144. The molecular weight excluding hydrogens is 1690 g/mol. The van der Waals surface area contributed by atoms with Gasteiger partial charge in [0.05, 0.1) is 59.7 Å². The molecule has 40 heteroatoms. The van der Waals surface area contributed by atoms with Gasteiger partial charge in [-0.15, -0.1) is 0 Å². The number of amides is 10. The summed E-state index contributed by atoms with van der Waals surface area (Å²) in [5.41, 5.74) is 52.5. The number of primary amides is 3. The number of aliphatic hydroxyl groups excluding tert-OH is 2. The Kier molecular flexibility index (Phi) is 52.0. The summed E-state index contributed by atoms with van der Waals surface area (Å²) < 4.78 is 0. The molecule has 1 aliphatic heterocycles. The van der Waals surface area contributed by atoms with Crippen molar-refractivity contribution in [1.29, 1.82) is 0 Å². The standard InChI is InChI=1S/C63H101N11O14.C28H52N10O5/c1-8-49(78)55(39(4)77)72-60(88)62(5,6)36-52(81)46(20-13-14-24-64)70-57(85)44(35-54(65)83)34-53(82)63(7,9-2)73-58(86)43(30-40-17-11-10-12-18-40)33-50(79)47(31-41-22-26-68-27-23-41)71-56(84)42(19-15-25-69-61(66)67)32-51(80)48-21-16-28-74(48)59(87)45(37-75)29-38(3)76;1-17(7-5-13-35-27(31)32)25(42)37-20(11-12-23(29)40)22(39)16-19(10-6-14-36-28(33)34)26(43)38-21(24(30)41)15-18-8-3-2-4-9-18/h22-23,26-27,39-40,42-48,55,75,77H,8-21,24-25,28-37,64H2,1-7H3,(H2,65,83)(H,70,85)(H,71,84)(H,72,88)(H,73,86)(H4,66,67,69);17-21H,2-16H2,1H3,(H2,29,40)(H2,30,41)(H,37,42)(H,38,43)(H4,31,32,35)(H4,33,34,36)/t39-,42-,43-,44+,45+,46+,47+,48-,55+,63+;17-,19+,20-,21-/m10/s1. The molecule has 28 N–H and O–H groups in total. The van der Waals surface area contributed by atoms with Gasteiger partial charge in [0.2, 0.25) is 59.1 Å². The number of guanidine groups is 3. The van der Waals surface area contributed by atoms with E-state index < -0.39 is 203 Å². The Morgan fingerprint density at radius 3 is 1.52 bits per heavy atom. The second kappa shape index (κ2) is 59.6. The Hall–Kier alpha value is -10.8. The second-order valence-electron chi connectivity index (χ2n) is 36.5. The molecule has 2 saturated carbocycles. The summed E-state index contributed by atoms with van der Waals surface area (Å²) in [7, 11) is 0. The third-order valence-electron chi connectivity index (χ3n) is 24.9. The van der Waals surface area contributed by atoms with Crippen LogP contribution in [0, 0.1) is 52.8 Å². The van der Waals surface area contributed by atoms with Gasteiger partial charge in [0.1, 0.15) is 17.9 Å². The molecule has 131 heavy (non-hydrogen) atoms. The molecule has 3 fully saturated rings. The van der Waals surface area contributed by atoms with Crippen molar-refractivity contribution in [2.75, 3.05) is 39.3 Å². The Balaban J connectivity index is 0.000000858. The van der Waals surface area contributed by atoms with Gasteiger partial charge in [-0.2, -0.15) is 0 Å². The smallest absolute Gasteiger partial charge is 0.240 e. The van der Waals surface area contributed by atoms with Crippen molar-refractivity contribution in [3.05, 3.63) is 30.1 Å². The van der Waals surface area contributed by atoms with Crippen LogP contribution >= 0.6 is 0 Å². The molecular formula is C91H153N21O19. The average Bonchev–Trinajstić information content (AvgIpc) is 1.72. The van der Waals surface area contributed by atoms with Gasteiger partial charge in [0.15, 0.2) is 52.6 Å². The van der Waals surface area contributed by atoms with Crippen LogP contribution in [0.2, 0.25) is 0 Å². The zero-order chi connectivity index (χ0) is 98.3. The maximum atomic E-state index is 15.0. The highest BCUT2D eigenvalue weighted by atomic mass is 16.3. The van der Waals surface area contributed by atoms with Gasteiger partial charge < -0.3 is 109 Å². The van der Waals surface area contributed by atoms with E-state index in [-0.39, 0.29) is 157 Å². The molecule has 10 amide bonds. The zero-order valence-electron chi connectivity index (χ0n) is 78.3. The van der Waals surface area contributed by atoms with Crippen LogP contribution in [0.5, 0.6) is 0 Å². The van der Waals surface area contributed by atoms with Crippen LogP contribution in [-0.4, -0.2) is 225 Å². The summed E-state index contributed by atoms with van der Waals surface area (Å²) in [4.78, 5) is 247. The molecule has 1 saturated heterocycles. The number of aliphatic imine (C=N–C) groups is 3. The molecule has 14 atom stereocenters. The molecule has 736 valence electrons. The molecule has 1 aromatic rings. The number of nitrogens with zero attached hydrogens (tertiary/aromatic N) is 5. The number of nitrogens with two attached hydrogens (primary N) is 10. The fourth-order valence-electron chi connectivity index (χ4n) is 16.9. The number of Topliss-reactive ketones (excluding diaryl/α,β-unsaturated/α-hetero) is 7. The molecule has 3 aliphatic rings. The summed E-state index contributed by atoms with van der Waals surface area (Å²) in [5.74, 6) is -15.6. The van der Waals surface area contributed by atoms with Crippen LogP contribution < -0.4 is 89.2 Å². The highest BCUT2D eigenvalue weighted by Gasteiger charge is 2.44. The van der Waals surface area contributed by atoms with Crippen LogP contribution in [0.4, 0.5) is 0 Å². The molecule has 2 aliphatic carbocycles. The van der Waals surface area contributed by atoms with E-state index in [1.807, 2.05) is 0 Å². The van der Waals surface area contributed by atoms with Crippen LogP contribution in [0.25, 0.3) is 0 Å². The van der Waals surface area contributed by atoms with E-state index in [1.165, 1.54) is 51.9 Å². The monoisotopic (exact) mass is 1840 g/mol. The van der Waals surface area contributed by atoms with Crippen molar-refractivity contribution in [3.8, 4) is 0 Å². The average molecular weight is 1850 g/mol. The van der Waals surface area contributed by atoms with Crippen LogP contribution in [0.3, 0.4) is 0 Å². The number of unbranched alkanes of at least 4 members (excludes halogenated alkanes) is 1. The van der Waals surface area contributed by atoms with Crippen LogP contribution in [-0.2, 0) is 87.9 Å². The summed E-state index contributed by atoms with van der Waals surface area (Å²) in [6.07, 6.45) is 12.8. The third kappa shape index (κ3) is 43.0. The van der Waals surface area contributed by atoms with Gasteiger partial charge in [-0.1, -0.05) is 98.8 Å². The van der Waals surface area contributed by atoms with E-state index >= 15 is 4.79 Å². The molecule has 1 aromatic heterocycles. The Labute approximate surface area is 770 Å². The van der Waals surface area contributed by atoms with Crippen molar-refractivity contribution < 1.29 is 91.7 Å². The lowest BCUT2D eigenvalue weighted by Gasteiger charge is -2.33. The topological polar surface area (TPSA) is 716 Å². The van der Waals surface area contributed by atoms with Gasteiger partial charge in [-0.25, -0.2) is 0 Å². The minimum absolute atomic E-state index is 0.000914. The number of rotatable bonds is 63. The van der Waals surface area contributed by atoms with Crippen LogP contribution in [0.15, 0.2) is 39.5 Å². The van der Waals surface area contributed by atoms with Crippen molar-refractivity contribution >= 4 is 117 Å². The molecule has 0 unspecified atom stereocenters. The summed E-state index contributed by atoms with van der Waals surface area (Å²) in [6, 6.07) is -3.15. The Bertz CT molecular complexity index is 4030. The molecule has 0 spiro atoms. The van der Waals surface area contributed by atoms with Gasteiger partial charge in [0.25, 0.3) is 0 Å². The normalized spacial score (nSPS) is 17.3. The molecule has 40 nitrogen and oxygen atoms in total. The van der Waals surface area contributed by atoms with Crippen molar-refractivity contribution in [2.24, 2.45) is 125 Å². The third-order valence-corrected chi connectivity index (χ3v) is 24.9. The highest BCUT2D eigenvalue weighted by molar-refractivity contribution is 6.02. The van der Waals surface area contributed by atoms with Crippen molar-refractivity contribution in [3.63, 3.8) is 0 Å². The van der Waals surface area contributed by atoms with Crippen molar-refractivity contribution in [2.45, 2.75) is 328 Å². The first-order chi connectivity index (χ1) is 61.8. The summed E-state index contributed by atoms with van der Waals surface area (Å²) in [5, 5.41) is 36.8. The largest absolute Gasteiger partial charge is 0.396 e. The lowest BCUT2D eigenvalue weighted by atomic mass is 9.79. The number of ketones is 7. The molecule has 2 heterocycles. The number of aromatic nitrogens is 1. The SMILES string of the molecule is CCC(=O)[C@@H](NC(=O)C(C)(C)CC(=O)[C@H](CCCCN)NC(=O)[C@H](CC(N)=O)CC(=O)[C@](C)(CC)NC(=O)[C@@H](CC(=O)[C@H](Cc1ccncc1)NC(=O)[C@H](CCCN=C(N)N)CC(=O)[C@H]1CCCN1C(=O)[C@H](CO)CC(C)=O)CC1CCCCC1)[C@@H](C)O.C[C@@H](CCCN=C(N)N)C(=O)N[C@@H](CCC(N)=O)C(=O)C[C@@H](CCCN=C(N)N)C(=O)N[C@@H](CC1CCCCC1)C(N)=O. The quantitative estimate of drug-likeness (QED) is 0.0246.